The molecule has 0 saturated carbocycles. The Balaban J connectivity index is 1.47. The fourth-order valence-electron chi connectivity index (χ4n) is 2.37. The molecule has 0 bridgehead atoms. The number of halogens is 1. The van der Waals surface area contributed by atoms with Crippen LogP contribution < -0.4 is 5.32 Å². The van der Waals surface area contributed by atoms with E-state index in [9.17, 15) is 4.79 Å². The van der Waals surface area contributed by atoms with Crippen LogP contribution in [0.2, 0.25) is 4.34 Å². The highest BCUT2D eigenvalue weighted by molar-refractivity contribution is 7.98. The maximum Gasteiger partial charge on any atom is 0.260 e. The molecule has 10 heteroatoms. The van der Waals surface area contributed by atoms with E-state index in [4.69, 9.17) is 16.1 Å². The number of hydrogen-bond donors (Lipinski definition) is 1. The maximum atomic E-state index is 12.7. The molecular formula is C18H13ClN4O2S3. The Bertz CT molecular complexity index is 1120. The van der Waals surface area contributed by atoms with Crippen LogP contribution in [0.25, 0.3) is 10.6 Å². The lowest BCUT2D eigenvalue weighted by molar-refractivity contribution is 0.102. The van der Waals surface area contributed by atoms with Crippen molar-refractivity contribution in [1.82, 2.24) is 15.1 Å². The number of hydrogen-bond acceptors (Lipinski definition) is 8. The first-order valence-corrected chi connectivity index (χ1v) is 11.2. The van der Waals surface area contributed by atoms with Gasteiger partial charge in [0.05, 0.1) is 26.2 Å². The van der Waals surface area contributed by atoms with Gasteiger partial charge in [0.25, 0.3) is 5.91 Å². The molecule has 0 unspecified atom stereocenters. The molecule has 0 saturated heterocycles. The normalized spacial score (nSPS) is 10.9. The maximum absolute atomic E-state index is 12.7. The average molecular weight is 449 g/mol. The Morgan fingerprint density at radius 2 is 2.25 bits per heavy atom. The lowest BCUT2D eigenvalue weighted by Gasteiger charge is -2.06. The molecule has 142 valence electrons. The number of aryl methyl sites for hydroxylation is 1. The van der Waals surface area contributed by atoms with Crippen LogP contribution in [-0.4, -0.2) is 21.0 Å². The first-order chi connectivity index (χ1) is 13.6. The van der Waals surface area contributed by atoms with E-state index >= 15 is 0 Å². The van der Waals surface area contributed by atoms with Gasteiger partial charge in [0.15, 0.2) is 5.13 Å². The van der Waals surface area contributed by atoms with Crippen LogP contribution in [0.1, 0.15) is 21.8 Å². The van der Waals surface area contributed by atoms with Gasteiger partial charge < -0.3 is 4.52 Å². The standard InChI is InChI=1S/C18H13ClN4O2S3/c1-10-7-11(23-25-10)8-26-17-12(3-2-6-20-17)16(24)22-18-21-13(9-27-18)14-4-5-15(19)28-14/h2-7,9H,8H2,1H3,(H,21,22,24). The zero-order chi connectivity index (χ0) is 19.5. The Labute approximate surface area is 178 Å². The van der Waals surface area contributed by atoms with Gasteiger partial charge in [-0.25, -0.2) is 9.97 Å². The van der Waals surface area contributed by atoms with E-state index < -0.39 is 0 Å². The van der Waals surface area contributed by atoms with Gasteiger partial charge in [0, 0.05) is 23.4 Å². The van der Waals surface area contributed by atoms with Crippen molar-refractivity contribution in [3.05, 3.63) is 63.3 Å². The molecule has 4 heterocycles. The van der Waals surface area contributed by atoms with Gasteiger partial charge in [0.2, 0.25) is 0 Å². The Kier molecular flexibility index (Phi) is 5.77. The summed E-state index contributed by atoms with van der Waals surface area (Å²) >= 11 is 10.2. The Hall–Kier alpha value is -2.20. The number of pyridine rings is 1. The smallest absolute Gasteiger partial charge is 0.260 e. The Morgan fingerprint density at radius 1 is 1.36 bits per heavy atom. The third kappa shape index (κ3) is 4.44. The van der Waals surface area contributed by atoms with E-state index in [-0.39, 0.29) is 5.91 Å². The number of thiazole rings is 1. The van der Waals surface area contributed by atoms with Gasteiger partial charge in [-0.3, -0.25) is 10.1 Å². The highest BCUT2D eigenvalue weighted by atomic mass is 35.5. The van der Waals surface area contributed by atoms with Crippen molar-refractivity contribution in [1.29, 1.82) is 0 Å². The van der Waals surface area contributed by atoms with Crippen molar-refractivity contribution >= 4 is 57.1 Å². The van der Waals surface area contributed by atoms with Crippen molar-refractivity contribution < 1.29 is 9.32 Å². The van der Waals surface area contributed by atoms with Crippen molar-refractivity contribution in [2.24, 2.45) is 0 Å². The molecule has 0 spiro atoms. The zero-order valence-corrected chi connectivity index (χ0v) is 17.7. The van der Waals surface area contributed by atoms with Crippen LogP contribution in [0.3, 0.4) is 0 Å². The largest absolute Gasteiger partial charge is 0.361 e. The van der Waals surface area contributed by atoms with Crippen LogP contribution in [-0.2, 0) is 5.75 Å². The minimum absolute atomic E-state index is 0.253. The average Bonchev–Trinajstić information content (AvgIpc) is 3.42. The van der Waals surface area contributed by atoms with Crippen molar-refractivity contribution in [2.75, 3.05) is 5.32 Å². The molecule has 0 aliphatic heterocycles. The lowest BCUT2D eigenvalue weighted by Crippen LogP contribution is -2.13. The monoisotopic (exact) mass is 448 g/mol. The van der Waals surface area contributed by atoms with E-state index in [1.54, 1.807) is 18.3 Å². The lowest BCUT2D eigenvalue weighted by atomic mass is 10.3. The van der Waals surface area contributed by atoms with Crippen LogP contribution in [0, 0.1) is 6.92 Å². The number of nitrogens with one attached hydrogen (secondary N) is 1. The molecule has 0 aliphatic carbocycles. The molecule has 0 aromatic carbocycles. The predicted octanol–water partition coefficient (Wildman–Crippen LogP) is 5.76. The number of anilines is 1. The molecule has 0 aliphatic rings. The molecular weight excluding hydrogens is 436 g/mol. The highest BCUT2D eigenvalue weighted by Gasteiger charge is 2.16. The number of rotatable bonds is 6. The highest BCUT2D eigenvalue weighted by Crippen LogP contribution is 2.33. The predicted molar refractivity (Wildman–Crippen MR) is 113 cm³/mol. The summed E-state index contributed by atoms with van der Waals surface area (Å²) in [6.45, 7) is 1.84. The fourth-order valence-corrected chi connectivity index (χ4v) is 5.02. The number of aromatic nitrogens is 3. The number of thiophene rings is 1. The number of carbonyl (C=O) groups is 1. The second kappa shape index (κ2) is 8.44. The fraction of sp³-hybridized carbons (Fsp3) is 0.111. The molecule has 0 radical (unpaired) electrons. The summed E-state index contributed by atoms with van der Waals surface area (Å²) < 4.78 is 5.77. The van der Waals surface area contributed by atoms with Crippen LogP contribution >= 0.6 is 46.0 Å². The summed E-state index contributed by atoms with van der Waals surface area (Å²) in [7, 11) is 0. The van der Waals surface area contributed by atoms with Gasteiger partial charge in [-0.2, -0.15) is 0 Å². The van der Waals surface area contributed by atoms with Crippen LogP contribution in [0.15, 0.2) is 51.5 Å². The number of carbonyl (C=O) groups excluding carboxylic acids is 1. The second-order valence-corrected chi connectivity index (χ2v) is 9.21. The van der Waals surface area contributed by atoms with Crippen LogP contribution in [0.5, 0.6) is 0 Å². The molecule has 4 rings (SSSR count). The zero-order valence-electron chi connectivity index (χ0n) is 14.5. The summed E-state index contributed by atoms with van der Waals surface area (Å²) in [5.74, 6) is 1.06. The van der Waals surface area contributed by atoms with Crippen LogP contribution in [0.4, 0.5) is 5.13 Å². The number of amides is 1. The molecule has 0 atom stereocenters. The number of nitrogens with zero attached hydrogens (tertiary/aromatic N) is 3. The van der Waals surface area contributed by atoms with Gasteiger partial charge in [0.1, 0.15) is 10.8 Å². The van der Waals surface area contributed by atoms with Gasteiger partial charge >= 0.3 is 0 Å². The Morgan fingerprint density at radius 3 is 3.00 bits per heavy atom. The molecule has 1 amide bonds. The molecule has 4 aromatic rings. The van der Waals surface area contributed by atoms with E-state index in [2.05, 4.69) is 20.4 Å². The topological polar surface area (TPSA) is 80.9 Å². The van der Waals surface area contributed by atoms with Gasteiger partial charge in [-0.05, 0) is 31.2 Å². The van der Waals surface area contributed by atoms with Gasteiger partial charge in [-0.1, -0.05) is 28.5 Å². The first kappa shape index (κ1) is 19.1. The van der Waals surface area contributed by atoms with E-state index in [0.717, 1.165) is 22.0 Å². The van der Waals surface area contributed by atoms with E-state index in [1.807, 2.05) is 30.5 Å². The summed E-state index contributed by atoms with van der Waals surface area (Å²) in [6, 6.07) is 9.08. The van der Waals surface area contributed by atoms with E-state index in [1.165, 1.54) is 34.4 Å². The quantitative estimate of drug-likeness (QED) is 0.377. The van der Waals surface area contributed by atoms with Gasteiger partial charge in [-0.15, -0.1) is 22.7 Å². The third-order valence-corrected chi connectivity index (χ3v) is 6.65. The molecule has 1 N–H and O–H groups in total. The molecule has 4 aromatic heterocycles. The third-order valence-electron chi connectivity index (χ3n) is 3.60. The van der Waals surface area contributed by atoms with Crippen molar-refractivity contribution in [3.63, 3.8) is 0 Å². The summed E-state index contributed by atoms with van der Waals surface area (Å²) in [5.41, 5.74) is 2.08. The minimum Gasteiger partial charge on any atom is -0.361 e. The molecule has 6 nitrogen and oxygen atoms in total. The van der Waals surface area contributed by atoms with Crippen molar-refractivity contribution in [2.45, 2.75) is 17.7 Å². The molecule has 28 heavy (non-hydrogen) atoms. The minimum atomic E-state index is -0.253. The summed E-state index contributed by atoms with van der Waals surface area (Å²) in [4.78, 5) is 22.5. The first-order valence-electron chi connectivity index (χ1n) is 8.11. The SMILES string of the molecule is Cc1cc(CSc2ncccc2C(=O)Nc2nc(-c3ccc(Cl)s3)cs2)no1. The summed E-state index contributed by atoms with van der Waals surface area (Å²) in [6.07, 6.45) is 1.66. The molecule has 0 fully saturated rings. The summed E-state index contributed by atoms with van der Waals surface area (Å²) in [5, 5.41) is 9.86. The second-order valence-electron chi connectivity index (χ2n) is 5.67. The van der Waals surface area contributed by atoms with Crippen molar-refractivity contribution in [3.8, 4) is 10.6 Å². The number of thioether (sulfide) groups is 1. The van der Waals surface area contributed by atoms with E-state index in [0.29, 0.717) is 25.8 Å².